The third-order valence-electron chi connectivity index (χ3n) is 2.60. The van der Waals surface area contributed by atoms with Crippen molar-refractivity contribution in [2.75, 3.05) is 26.2 Å². The zero-order valence-electron chi connectivity index (χ0n) is 10.0. The minimum atomic E-state index is 0. The predicted octanol–water partition coefficient (Wildman–Crippen LogP) is 1.51. The van der Waals surface area contributed by atoms with Crippen LogP contribution in [0.2, 0.25) is 0 Å². The van der Waals surface area contributed by atoms with Crippen molar-refractivity contribution in [2.45, 2.75) is 12.6 Å². The molecule has 7 heteroatoms. The Hall–Kier alpha value is -0.100. The van der Waals surface area contributed by atoms with Crippen molar-refractivity contribution in [3.8, 4) is 0 Å². The normalized spacial score (nSPS) is 19.1. The van der Waals surface area contributed by atoms with Crippen molar-refractivity contribution in [3.63, 3.8) is 0 Å². The summed E-state index contributed by atoms with van der Waals surface area (Å²) in [4.78, 5) is 6.65. The summed E-state index contributed by atoms with van der Waals surface area (Å²) >= 11 is 0. The Morgan fingerprint density at radius 1 is 1.33 bits per heavy atom. The van der Waals surface area contributed by atoms with E-state index < -0.39 is 0 Å². The molecule has 2 rings (SSSR count). The van der Waals surface area contributed by atoms with E-state index in [2.05, 4.69) is 9.88 Å². The molecule has 0 spiro atoms. The van der Waals surface area contributed by atoms with Gasteiger partial charge in [0.05, 0.1) is 18.4 Å². The van der Waals surface area contributed by atoms with Crippen LogP contribution in [-0.2, 0) is 11.3 Å². The molecule has 1 aromatic heterocycles. The zero-order chi connectivity index (χ0) is 10.5. The van der Waals surface area contributed by atoms with E-state index in [4.69, 9.17) is 10.5 Å². The molecule has 0 radical (unpaired) electrons. The van der Waals surface area contributed by atoms with Crippen molar-refractivity contribution in [1.29, 1.82) is 0 Å². The number of nitrogens with zero attached hydrogens (tertiary/aromatic N) is 2. The van der Waals surface area contributed by atoms with Gasteiger partial charge in [0.25, 0.3) is 0 Å². The number of nitrogens with two attached hydrogens (primary N) is 1. The number of morpholine rings is 1. The lowest BCUT2D eigenvalue weighted by Gasteiger charge is -2.31. The molecular formula is C11H20Cl3N3O. The van der Waals surface area contributed by atoms with Crippen molar-refractivity contribution >= 4 is 37.2 Å². The molecule has 1 aromatic rings. The average Bonchev–Trinajstić information content (AvgIpc) is 2.31. The summed E-state index contributed by atoms with van der Waals surface area (Å²) in [5, 5.41) is 0. The Balaban J connectivity index is 0. The summed E-state index contributed by atoms with van der Waals surface area (Å²) in [6, 6.07) is 6.00. The van der Waals surface area contributed by atoms with Crippen LogP contribution in [0.1, 0.15) is 5.69 Å². The molecule has 0 amide bonds. The van der Waals surface area contributed by atoms with E-state index in [-0.39, 0.29) is 43.3 Å². The van der Waals surface area contributed by atoms with Gasteiger partial charge in [-0.1, -0.05) is 6.07 Å². The molecule has 0 aromatic carbocycles. The SMILES string of the molecule is Cl.Cl.Cl.NCC1CN(Cc2ccccn2)CCO1. The maximum atomic E-state index is 5.59. The Labute approximate surface area is 127 Å². The van der Waals surface area contributed by atoms with Crippen molar-refractivity contribution in [3.05, 3.63) is 30.1 Å². The van der Waals surface area contributed by atoms with Gasteiger partial charge in [-0.25, -0.2) is 0 Å². The smallest absolute Gasteiger partial charge is 0.0824 e. The Kier molecular flexibility index (Phi) is 12.1. The fourth-order valence-electron chi connectivity index (χ4n) is 1.79. The number of halogens is 3. The van der Waals surface area contributed by atoms with Gasteiger partial charge in [0.2, 0.25) is 0 Å². The highest BCUT2D eigenvalue weighted by Gasteiger charge is 2.19. The van der Waals surface area contributed by atoms with Gasteiger partial charge in [-0.3, -0.25) is 9.88 Å². The van der Waals surface area contributed by atoms with Crippen molar-refractivity contribution in [2.24, 2.45) is 5.73 Å². The first-order valence-electron chi connectivity index (χ1n) is 5.32. The molecule has 0 bridgehead atoms. The van der Waals surface area contributed by atoms with Gasteiger partial charge in [-0.15, -0.1) is 37.2 Å². The molecule has 2 N–H and O–H groups in total. The monoisotopic (exact) mass is 315 g/mol. The second-order valence-electron chi connectivity index (χ2n) is 3.78. The molecule has 0 saturated carbocycles. The number of ether oxygens (including phenoxy) is 1. The molecule has 2 heterocycles. The number of hydrogen-bond acceptors (Lipinski definition) is 4. The first-order valence-corrected chi connectivity index (χ1v) is 5.32. The van der Waals surface area contributed by atoms with Crippen molar-refractivity contribution < 1.29 is 4.74 Å². The van der Waals surface area contributed by atoms with Gasteiger partial charge >= 0.3 is 0 Å². The summed E-state index contributed by atoms with van der Waals surface area (Å²) in [5.74, 6) is 0. The molecular weight excluding hydrogens is 297 g/mol. The Bertz CT molecular complexity index is 303. The van der Waals surface area contributed by atoms with E-state index in [1.54, 1.807) is 0 Å². The summed E-state index contributed by atoms with van der Waals surface area (Å²) < 4.78 is 5.51. The predicted molar refractivity (Wildman–Crippen MR) is 80.1 cm³/mol. The average molecular weight is 317 g/mol. The lowest BCUT2D eigenvalue weighted by molar-refractivity contribution is -0.0264. The number of aromatic nitrogens is 1. The largest absolute Gasteiger partial charge is 0.374 e. The number of pyridine rings is 1. The van der Waals surface area contributed by atoms with Gasteiger partial charge < -0.3 is 10.5 Å². The molecule has 1 aliphatic heterocycles. The van der Waals surface area contributed by atoms with E-state index in [0.717, 1.165) is 31.9 Å². The van der Waals surface area contributed by atoms with Crippen LogP contribution < -0.4 is 5.73 Å². The highest BCUT2D eigenvalue weighted by Crippen LogP contribution is 2.07. The highest BCUT2D eigenvalue weighted by molar-refractivity contribution is 5.86. The van der Waals surface area contributed by atoms with E-state index in [1.165, 1.54) is 0 Å². The van der Waals surface area contributed by atoms with Gasteiger partial charge in [0.1, 0.15) is 0 Å². The summed E-state index contributed by atoms with van der Waals surface area (Å²) in [6.07, 6.45) is 2.01. The number of rotatable bonds is 3. The minimum Gasteiger partial charge on any atom is -0.374 e. The van der Waals surface area contributed by atoms with Crippen LogP contribution in [0.4, 0.5) is 0 Å². The third-order valence-corrected chi connectivity index (χ3v) is 2.60. The first kappa shape index (κ1) is 20.2. The molecule has 0 aliphatic carbocycles. The van der Waals surface area contributed by atoms with E-state index in [9.17, 15) is 0 Å². The molecule has 1 aliphatic rings. The quantitative estimate of drug-likeness (QED) is 0.918. The van der Waals surface area contributed by atoms with Gasteiger partial charge in [-0.05, 0) is 12.1 Å². The lowest BCUT2D eigenvalue weighted by atomic mass is 10.2. The standard InChI is InChI=1S/C11H17N3O.3ClH/c12-7-11-9-14(5-6-15-11)8-10-3-1-2-4-13-10;;;/h1-4,11H,5-9,12H2;3*1H. The summed E-state index contributed by atoms with van der Waals surface area (Å²) in [6.45, 7) is 4.13. The zero-order valence-corrected chi connectivity index (χ0v) is 12.5. The number of hydrogen-bond donors (Lipinski definition) is 1. The maximum Gasteiger partial charge on any atom is 0.0824 e. The van der Waals surface area contributed by atoms with E-state index in [1.807, 2.05) is 24.4 Å². The third kappa shape index (κ3) is 6.18. The molecule has 1 unspecified atom stereocenters. The van der Waals surface area contributed by atoms with Crippen LogP contribution >= 0.6 is 37.2 Å². The lowest BCUT2D eigenvalue weighted by Crippen LogP contribution is -2.45. The van der Waals surface area contributed by atoms with Crippen LogP contribution in [0.15, 0.2) is 24.4 Å². The van der Waals surface area contributed by atoms with Gasteiger partial charge in [0, 0.05) is 32.4 Å². The van der Waals surface area contributed by atoms with Crippen LogP contribution in [0.3, 0.4) is 0 Å². The second-order valence-corrected chi connectivity index (χ2v) is 3.78. The highest BCUT2D eigenvalue weighted by atomic mass is 35.5. The van der Waals surface area contributed by atoms with Crippen LogP contribution in [0.5, 0.6) is 0 Å². The molecule has 4 nitrogen and oxygen atoms in total. The van der Waals surface area contributed by atoms with E-state index in [0.29, 0.717) is 6.54 Å². The Morgan fingerprint density at radius 2 is 2.11 bits per heavy atom. The Morgan fingerprint density at radius 3 is 2.72 bits per heavy atom. The van der Waals surface area contributed by atoms with Gasteiger partial charge in [-0.2, -0.15) is 0 Å². The van der Waals surface area contributed by atoms with Crippen molar-refractivity contribution in [1.82, 2.24) is 9.88 Å². The molecule has 18 heavy (non-hydrogen) atoms. The fourth-order valence-corrected chi connectivity index (χ4v) is 1.79. The topological polar surface area (TPSA) is 51.4 Å². The second kappa shape index (κ2) is 10.8. The van der Waals surface area contributed by atoms with Crippen LogP contribution in [-0.4, -0.2) is 42.2 Å². The van der Waals surface area contributed by atoms with Gasteiger partial charge in [0.15, 0.2) is 0 Å². The van der Waals surface area contributed by atoms with Crippen LogP contribution in [0.25, 0.3) is 0 Å². The molecule has 1 atom stereocenters. The molecule has 1 saturated heterocycles. The van der Waals surface area contributed by atoms with Crippen LogP contribution in [0, 0.1) is 0 Å². The summed E-state index contributed by atoms with van der Waals surface area (Å²) in [5.41, 5.74) is 6.70. The summed E-state index contributed by atoms with van der Waals surface area (Å²) in [7, 11) is 0. The molecule has 106 valence electrons. The first-order chi connectivity index (χ1) is 7.38. The molecule has 1 fully saturated rings. The van der Waals surface area contributed by atoms with E-state index >= 15 is 0 Å². The minimum absolute atomic E-state index is 0. The maximum absolute atomic E-state index is 5.59. The fraction of sp³-hybridized carbons (Fsp3) is 0.545.